The van der Waals surface area contributed by atoms with Crippen LogP contribution in [-0.2, 0) is 14.3 Å². The van der Waals surface area contributed by atoms with Crippen LogP contribution in [0.5, 0.6) is 0 Å². The van der Waals surface area contributed by atoms with Gasteiger partial charge in [-0.05, 0) is 12.3 Å². The van der Waals surface area contributed by atoms with E-state index in [0.717, 1.165) is 12.3 Å². The minimum atomic E-state index is -0.362. The first-order valence-corrected chi connectivity index (χ1v) is 5.84. The van der Waals surface area contributed by atoms with Crippen molar-refractivity contribution in [1.29, 1.82) is 0 Å². The first-order valence-electron chi connectivity index (χ1n) is 4.05. The molecule has 12 heavy (non-hydrogen) atoms. The van der Waals surface area contributed by atoms with Gasteiger partial charge in [0.2, 0.25) is 0 Å². The van der Waals surface area contributed by atoms with E-state index in [0.29, 0.717) is 0 Å². The van der Waals surface area contributed by atoms with Gasteiger partial charge in [-0.2, -0.15) is 0 Å². The molecule has 0 fully saturated rings. The van der Waals surface area contributed by atoms with Crippen LogP contribution in [-0.4, -0.2) is 38.4 Å². The van der Waals surface area contributed by atoms with Crippen molar-refractivity contribution in [3.05, 3.63) is 0 Å². The number of carbonyl (C=O) groups is 1. The number of ether oxygens (including phenoxy) is 2. The van der Waals surface area contributed by atoms with Gasteiger partial charge < -0.3 is 9.47 Å². The lowest BCUT2D eigenvalue weighted by atomic mass is 10.7. The molecule has 0 aliphatic rings. The van der Waals surface area contributed by atoms with Crippen LogP contribution in [0.2, 0.25) is 0 Å². The summed E-state index contributed by atoms with van der Waals surface area (Å²) in [7, 11) is 2.59. The van der Waals surface area contributed by atoms with Crippen molar-refractivity contribution < 1.29 is 14.3 Å². The highest BCUT2D eigenvalue weighted by Gasteiger charge is 2.25. The molecule has 0 amide bonds. The maximum absolute atomic E-state index is 11.2. The molecule has 0 heterocycles. The predicted octanol–water partition coefficient (Wildman–Crippen LogP) is 1.65. The van der Waals surface area contributed by atoms with Crippen molar-refractivity contribution in [1.82, 2.24) is 0 Å². The summed E-state index contributed by atoms with van der Waals surface area (Å²) in [6.07, 6.45) is 2.00. The first kappa shape index (κ1) is 11.9. The molecule has 0 saturated heterocycles. The van der Waals surface area contributed by atoms with Gasteiger partial charge in [-0.25, -0.2) is 4.79 Å². The second-order valence-electron chi connectivity index (χ2n) is 2.33. The number of methoxy groups -OCH3 is 2. The summed E-state index contributed by atoms with van der Waals surface area (Å²) < 4.78 is 9.74. The summed E-state index contributed by atoms with van der Waals surface area (Å²) in [5.74, 6) is -0.577. The van der Waals surface area contributed by atoms with Crippen LogP contribution in [0.4, 0.5) is 0 Å². The van der Waals surface area contributed by atoms with E-state index in [1.807, 2.05) is 0 Å². The van der Waals surface area contributed by atoms with Gasteiger partial charge in [-0.3, -0.25) is 0 Å². The molecule has 0 aliphatic carbocycles. The molecule has 4 heteroatoms. The highest BCUT2D eigenvalue weighted by Crippen LogP contribution is 2.41. The zero-order valence-corrected chi connectivity index (χ0v) is 9.06. The molecule has 1 unspecified atom stereocenters. The Balaban J connectivity index is 4.19. The molecule has 72 valence electrons. The lowest BCUT2D eigenvalue weighted by Gasteiger charge is -2.21. The van der Waals surface area contributed by atoms with Crippen molar-refractivity contribution in [3.8, 4) is 0 Å². The van der Waals surface area contributed by atoms with E-state index in [2.05, 4.69) is 18.6 Å². The van der Waals surface area contributed by atoms with Gasteiger partial charge >= 0.3 is 5.97 Å². The lowest BCUT2D eigenvalue weighted by Crippen LogP contribution is -2.23. The zero-order chi connectivity index (χ0) is 9.56. The van der Waals surface area contributed by atoms with Crippen LogP contribution >= 0.6 is 7.92 Å². The van der Waals surface area contributed by atoms with Crippen LogP contribution in [0.25, 0.3) is 0 Å². The topological polar surface area (TPSA) is 35.5 Å². The van der Waals surface area contributed by atoms with Gasteiger partial charge in [0.15, 0.2) is 5.85 Å². The molecule has 0 N–H and O–H groups in total. The van der Waals surface area contributed by atoms with Gasteiger partial charge in [0, 0.05) is 7.11 Å². The van der Waals surface area contributed by atoms with Crippen molar-refractivity contribution in [2.24, 2.45) is 0 Å². The second-order valence-corrected chi connectivity index (χ2v) is 5.24. The maximum atomic E-state index is 11.2. The maximum Gasteiger partial charge on any atom is 0.339 e. The normalized spacial score (nSPS) is 13.1. The Bertz CT molecular complexity index is 134. The van der Waals surface area contributed by atoms with E-state index in [4.69, 9.17) is 4.74 Å². The van der Waals surface area contributed by atoms with E-state index < -0.39 is 0 Å². The molecular weight excluding hydrogens is 175 g/mol. The minimum Gasteiger partial charge on any atom is -0.467 e. The Kier molecular flexibility index (Phi) is 6.31. The van der Waals surface area contributed by atoms with E-state index in [-0.39, 0.29) is 19.7 Å². The molecule has 0 spiro atoms. The van der Waals surface area contributed by atoms with Crippen LogP contribution in [0.3, 0.4) is 0 Å². The number of rotatable bonds is 5. The Morgan fingerprint density at radius 3 is 2.08 bits per heavy atom. The molecule has 0 saturated carbocycles. The molecule has 0 rings (SSSR count). The summed E-state index contributed by atoms with van der Waals surface area (Å²) in [4.78, 5) is 11.2. The average molecular weight is 192 g/mol. The van der Waals surface area contributed by atoms with Crippen LogP contribution in [0.15, 0.2) is 0 Å². The molecule has 0 aromatic carbocycles. The Labute approximate surface area is 75.2 Å². The molecule has 0 aromatic rings. The molecule has 1 atom stereocenters. The van der Waals surface area contributed by atoms with Crippen molar-refractivity contribution in [2.75, 3.05) is 26.5 Å². The largest absolute Gasteiger partial charge is 0.467 e. The van der Waals surface area contributed by atoms with Gasteiger partial charge in [0.05, 0.1) is 7.11 Å². The number of carbonyl (C=O) groups excluding carboxylic acids is 1. The summed E-state index contributed by atoms with van der Waals surface area (Å²) >= 11 is 0. The molecule has 0 aromatic heterocycles. The summed E-state index contributed by atoms with van der Waals surface area (Å²) in [6.45, 7) is 4.15. The highest BCUT2D eigenvalue weighted by atomic mass is 31.1. The summed E-state index contributed by atoms with van der Waals surface area (Å²) in [6, 6.07) is 0. The van der Waals surface area contributed by atoms with Crippen LogP contribution in [0, 0.1) is 0 Å². The zero-order valence-electron chi connectivity index (χ0n) is 8.16. The number of hydrogen-bond donors (Lipinski definition) is 0. The minimum absolute atomic E-state index is 0.243. The standard InChI is InChI=1S/C8H17O3P/c1-5-12(6-2)8(11-4)7(9)10-3/h8H,5-6H2,1-4H3. The third-order valence-corrected chi connectivity index (χ3v) is 4.48. The van der Waals surface area contributed by atoms with E-state index in [1.165, 1.54) is 7.11 Å². The van der Waals surface area contributed by atoms with Crippen LogP contribution in [0.1, 0.15) is 13.8 Å². The molecule has 0 bridgehead atoms. The molecule has 3 nitrogen and oxygen atoms in total. The fraction of sp³-hybridized carbons (Fsp3) is 0.875. The van der Waals surface area contributed by atoms with Crippen molar-refractivity contribution in [3.63, 3.8) is 0 Å². The smallest absolute Gasteiger partial charge is 0.339 e. The van der Waals surface area contributed by atoms with Gasteiger partial charge in [-0.1, -0.05) is 21.8 Å². The first-order chi connectivity index (χ1) is 5.71. The lowest BCUT2D eigenvalue weighted by molar-refractivity contribution is -0.147. The fourth-order valence-electron chi connectivity index (χ4n) is 1.05. The summed E-state index contributed by atoms with van der Waals surface area (Å²) in [5, 5.41) is 0. The van der Waals surface area contributed by atoms with Crippen LogP contribution < -0.4 is 0 Å². The monoisotopic (exact) mass is 192 g/mol. The Morgan fingerprint density at radius 2 is 1.83 bits per heavy atom. The van der Waals surface area contributed by atoms with E-state index in [9.17, 15) is 4.79 Å². The predicted molar refractivity (Wildman–Crippen MR) is 50.8 cm³/mol. The average Bonchev–Trinajstić information content (AvgIpc) is 2.12. The second kappa shape index (κ2) is 6.38. The number of hydrogen-bond acceptors (Lipinski definition) is 3. The third kappa shape index (κ3) is 3.08. The quantitative estimate of drug-likeness (QED) is 0.491. The summed E-state index contributed by atoms with van der Waals surface area (Å²) in [5.41, 5.74) is 0. The Morgan fingerprint density at radius 1 is 1.33 bits per heavy atom. The Hall–Kier alpha value is -0.140. The third-order valence-electron chi connectivity index (χ3n) is 1.77. The van der Waals surface area contributed by atoms with Crippen molar-refractivity contribution >= 4 is 13.9 Å². The SMILES string of the molecule is CCP(CC)C(OC)C(=O)OC. The van der Waals surface area contributed by atoms with Crippen molar-refractivity contribution in [2.45, 2.75) is 19.7 Å². The highest BCUT2D eigenvalue weighted by molar-refractivity contribution is 7.59. The number of esters is 1. The van der Waals surface area contributed by atoms with Gasteiger partial charge in [0.1, 0.15) is 0 Å². The van der Waals surface area contributed by atoms with Gasteiger partial charge in [0.25, 0.3) is 0 Å². The van der Waals surface area contributed by atoms with E-state index in [1.54, 1.807) is 7.11 Å². The molecular formula is C8H17O3P. The molecule has 0 aliphatic heterocycles. The van der Waals surface area contributed by atoms with E-state index >= 15 is 0 Å². The van der Waals surface area contributed by atoms with Gasteiger partial charge in [-0.15, -0.1) is 0 Å². The fourth-order valence-corrected chi connectivity index (χ4v) is 2.86. The molecule has 0 radical (unpaired) electrons.